The molecule has 0 bridgehead atoms. The molecule has 0 spiro atoms. The third kappa shape index (κ3) is 4.59. The van der Waals surface area contributed by atoms with E-state index in [0.717, 1.165) is 19.2 Å². The van der Waals surface area contributed by atoms with Crippen molar-refractivity contribution in [1.82, 2.24) is 20.0 Å². The van der Waals surface area contributed by atoms with Gasteiger partial charge in [0.05, 0.1) is 23.0 Å². The summed E-state index contributed by atoms with van der Waals surface area (Å²) in [5, 5.41) is 6.39. The molecular weight excluding hydrogens is 461 g/mol. The van der Waals surface area contributed by atoms with Crippen molar-refractivity contribution < 1.29 is 22.5 Å². The van der Waals surface area contributed by atoms with E-state index in [1.54, 1.807) is 31.2 Å². The summed E-state index contributed by atoms with van der Waals surface area (Å²) in [5.74, 6) is 0.236. The van der Waals surface area contributed by atoms with Crippen LogP contribution in [0.15, 0.2) is 47.1 Å². The van der Waals surface area contributed by atoms with Crippen LogP contribution in [-0.2, 0) is 6.18 Å². The average molecular weight is 484 g/mol. The summed E-state index contributed by atoms with van der Waals surface area (Å²) < 4.78 is 46.2. The van der Waals surface area contributed by atoms with Gasteiger partial charge in [-0.15, -0.1) is 0 Å². The number of benzene rings is 2. The van der Waals surface area contributed by atoms with Crippen LogP contribution in [0.3, 0.4) is 0 Å². The van der Waals surface area contributed by atoms with Gasteiger partial charge >= 0.3 is 6.18 Å². The van der Waals surface area contributed by atoms with Crippen LogP contribution in [0.25, 0.3) is 22.4 Å². The molecule has 11 heteroatoms. The third-order valence-corrected chi connectivity index (χ3v) is 6.14. The normalized spacial score (nSPS) is 15.1. The number of anilines is 2. The Bertz CT molecular complexity index is 1390. The van der Waals surface area contributed by atoms with E-state index >= 15 is 0 Å². The second kappa shape index (κ2) is 8.73. The topological polar surface area (TPSA) is 90.3 Å². The second-order valence-corrected chi connectivity index (χ2v) is 8.59. The molecule has 5 rings (SSSR count). The van der Waals surface area contributed by atoms with E-state index in [0.29, 0.717) is 46.8 Å². The lowest BCUT2D eigenvalue weighted by Gasteiger charge is -2.34. The number of nitrogens with zero attached hydrogens (tertiary/aromatic N) is 4. The summed E-state index contributed by atoms with van der Waals surface area (Å²) in [6.45, 7) is 4.43. The predicted octanol–water partition coefficient (Wildman–Crippen LogP) is 4.55. The van der Waals surface area contributed by atoms with Gasteiger partial charge in [0.25, 0.3) is 5.91 Å². The van der Waals surface area contributed by atoms with Gasteiger partial charge in [-0.2, -0.15) is 13.2 Å². The largest absolute Gasteiger partial charge is 0.416 e. The summed E-state index contributed by atoms with van der Waals surface area (Å²) in [6, 6.07) is 9.15. The first-order valence-corrected chi connectivity index (χ1v) is 11.1. The molecule has 3 heterocycles. The highest BCUT2D eigenvalue weighted by molar-refractivity contribution is 6.08. The minimum absolute atomic E-state index is 0.282. The molecular formula is C24H23F3N6O2. The van der Waals surface area contributed by atoms with Crippen molar-refractivity contribution in [2.24, 2.45) is 0 Å². The van der Waals surface area contributed by atoms with Gasteiger partial charge in [0.2, 0.25) is 0 Å². The molecule has 0 unspecified atom stereocenters. The summed E-state index contributed by atoms with van der Waals surface area (Å²) in [5.41, 5.74) is 1.80. The fourth-order valence-corrected chi connectivity index (χ4v) is 4.13. The first-order valence-electron chi connectivity index (χ1n) is 11.1. The standard InChI is InChI=1S/C24H23F3N6O2/c1-14-18(13-28-35-14)23(34)30-20-5-3-4-19-21(20)31-22(29-19)15-10-16(24(25,26)27)12-17(11-15)33-8-6-32(2)7-9-33/h3-5,10-13H,6-9H2,1-2H3,(H,29,31)(H,30,34). The lowest BCUT2D eigenvalue weighted by molar-refractivity contribution is -0.137. The van der Waals surface area contributed by atoms with E-state index in [1.807, 2.05) is 11.9 Å². The number of imidazole rings is 1. The number of H-pyrrole nitrogens is 1. The SMILES string of the molecule is Cc1oncc1C(=O)Nc1cccc2[nH]c(-c3cc(N4CCN(C)CC4)cc(C(F)(F)F)c3)nc12. The van der Waals surface area contributed by atoms with Gasteiger partial charge in [0.1, 0.15) is 22.7 Å². The zero-order valence-corrected chi connectivity index (χ0v) is 19.1. The number of piperazine rings is 1. The number of aromatic amines is 1. The maximum absolute atomic E-state index is 13.8. The van der Waals surface area contributed by atoms with E-state index in [1.165, 1.54) is 12.3 Å². The Morgan fingerprint density at radius 1 is 1.14 bits per heavy atom. The van der Waals surface area contributed by atoms with Crippen LogP contribution in [0.5, 0.6) is 0 Å². The number of aryl methyl sites for hydroxylation is 1. The number of carbonyl (C=O) groups is 1. The summed E-state index contributed by atoms with van der Waals surface area (Å²) >= 11 is 0. The molecule has 2 N–H and O–H groups in total. The van der Waals surface area contributed by atoms with Gasteiger partial charge < -0.3 is 24.6 Å². The second-order valence-electron chi connectivity index (χ2n) is 8.59. The highest BCUT2D eigenvalue weighted by Gasteiger charge is 2.32. The van der Waals surface area contributed by atoms with Crippen LogP contribution in [0, 0.1) is 6.92 Å². The number of aromatic nitrogens is 3. The number of halogens is 3. The molecule has 182 valence electrons. The van der Waals surface area contributed by atoms with E-state index in [-0.39, 0.29) is 11.4 Å². The van der Waals surface area contributed by atoms with Gasteiger partial charge in [-0.1, -0.05) is 11.2 Å². The molecule has 1 saturated heterocycles. The highest BCUT2D eigenvalue weighted by atomic mass is 19.4. The molecule has 35 heavy (non-hydrogen) atoms. The van der Waals surface area contributed by atoms with Crippen molar-refractivity contribution in [1.29, 1.82) is 0 Å². The molecule has 0 atom stereocenters. The van der Waals surface area contributed by atoms with Crippen LogP contribution in [-0.4, -0.2) is 59.2 Å². The average Bonchev–Trinajstić information content (AvgIpc) is 3.45. The predicted molar refractivity (Wildman–Crippen MR) is 125 cm³/mol. The number of hydrogen-bond acceptors (Lipinski definition) is 6. The number of amides is 1. The molecule has 2 aromatic carbocycles. The molecule has 4 aromatic rings. The third-order valence-electron chi connectivity index (χ3n) is 6.14. The van der Waals surface area contributed by atoms with Crippen LogP contribution in [0.1, 0.15) is 21.7 Å². The van der Waals surface area contributed by atoms with E-state index in [4.69, 9.17) is 4.52 Å². The van der Waals surface area contributed by atoms with Gasteiger partial charge in [0.15, 0.2) is 0 Å². The molecule has 0 saturated carbocycles. The minimum Gasteiger partial charge on any atom is -0.369 e. The first-order chi connectivity index (χ1) is 16.7. The molecule has 8 nitrogen and oxygen atoms in total. The molecule has 0 aliphatic carbocycles. The van der Waals surface area contributed by atoms with Crippen molar-refractivity contribution >= 4 is 28.3 Å². The number of hydrogen-bond donors (Lipinski definition) is 2. The Kier molecular flexibility index (Phi) is 5.72. The Hall–Kier alpha value is -3.86. The van der Waals surface area contributed by atoms with Crippen molar-refractivity contribution in [2.75, 3.05) is 43.4 Å². The molecule has 2 aromatic heterocycles. The number of carbonyl (C=O) groups excluding carboxylic acids is 1. The quantitative estimate of drug-likeness (QED) is 0.442. The van der Waals surface area contributed by atoms with Crippen LogP contribution >= 0.6 is 0 Å². The number of alkyl halides is 3. The van der Waals surface area contributed by atoms with Crippen molar-refractivity contribution in [3.8, 4) is 11.4 Å². The summed E-state index contributed by atoms with van der Waals surface area (Å²) in [6.07, 6.45) is -3.18. The van der Waals surface area contributed by atoms with Gasteiger partial charge in [-0.05, 0) is 44.3 Å². The monoisotopic (exact) mass is 484 g/mol. The van der Waals surface area contributed by atoms with Crippen molar-refractivity contribution in [3.63, 3.8) is 0 Å². The van der Waals surface area contributed by atoms with Crippen LogP contribution < -0.4 is 10.2 Å². The van der Waals surface area contributed by atoms with E-state index in [2.05, 4.69) is 25.3 Å². The van der Waals surface area contributed by atoms with Crippen LogP contribution in [0.4, 0.5) is 24.5 Å². The molecule has 1 fully saturated rings. The number of likely N-dealkylation sites (N-methyl/N-ethyl adjacent to an activating group) is 1. The maximum Gasteiger partial charge on any atom is 0.416 e. The Balaban J connectivity index is 1.53. The van der Waals surface area contributed by atoms with Crippen molar-refractivity contribution in [3.05, 3.63) is 59.5 Å². The maximum atomic E-state index is 13.8. The molecule has 1 aliphatic rings. The fraction of sp³-hybridized carbons (Fsp3) is 0.292. The minimum atomic E-state index is -4.50. The summed E-state index contributed by atoms with van der Waals surface area (Å²) in [4.78, 5) is 24.4. The Morgan fingerprint density at radius 2 is 1.91 bits per heavy atom. The van der Waals surface area contributed by atoms with Gasteiger partial charge in [-0.3, -0.25) is 4.79 Å². The van der Waals surface area contributed by atoms with Gasteiger partial charge in [0, 0.05) is 37.4 Å². The fourth-order valence-electron chi connectivity index (χ4n) is 4.13. The lowest BCUT2D eigenvalue weighted by atomic mass is 10.1. The highest BCUT2D eigenvalue weighted by Crippen LogP contribution is 2.36. The molecule has 1 aliphatic heterocycles. The number of para-hydroxylation sites is 1. The molecule has 0 radical (unpaired) electrons. The summed E-state index contributed by atoms with van der Waals surface area (Å²) in [7, 11) is 1.99. The number of nitrogens with one attached hydrogen (secondary N) is 2. The Morgan fingerprint density at radius 3 is 2.60 bits per heavy atom. The molecule has 1 amide bonds. The van der Waals surface area contributed by atoms with Crippen molar-refractivity contribution in [2.45, 2.75) is 13.1 Å². The first kappa shape index (κ1) is 22.9. The zero-order valence-electron chi connectivity index (χ0n) is 19.1. The van der Waals surface area contributed by atoms with Gasteiger partial charge in [-0.25, -0.2) is 4.98 Å². The lowest BCUT2D eigenvalue weighted by Crippen LogP contribution is -2.44. The number of rotatable bonds is 4. The van der Waals surface area contributed by atoms with Crippen LogP contribution in [0.2, 0.25) is 0 Å². The zero-order chi connectivity index (χ0) is 24.7. The van der Waals surface area contributed by atoms with E-state index < -0.39 is 17.6 Å². The van der Waals surface area contributed by atoms with E-state index in [9.17, 15) is 18.0 Å². The smallest absolute Gasteiger partial charge is 0.369 e. The number of fused-ring (bicyclic) bond motifs is 1. The Labute approximate surface area is 198 Å².